The highest BCUT2D eigenvalue weighted by Crippen LogP contribution is 2.42. The van der Waals surface area contributed by atoms with Crippen LogP contribution in [0.3, 0.4) is 0 Å². The van der Waals surface area contributed by atoms with E-state index in [1.54, 1.807) is 12.1 Å². The van der Waals surface area contributed by atoms with Gasteiger partial charge >= 0.3 is 12.1 Å². The van der Waals surface area contributed by atoms with Gasteiger partial charge in [0.2, 0.25) is 5.95 Å². The summed E-state index contributed by atoms with van der Waals surface area (Å²) in [5.74, 6) is -1.17. The molecule has 29 heavy (non-hydrogen) atoms. The Bertz CT molecular complexity index is 828. The van der Waals surface area contributed by atoms with Crippen LogP contribution in [0.5, 0.6) is 0 Å². The van der Waals surface area contributed by atoms with Crippen molar-refractivity contribution in [1.82, 2.24) is 9.97 Å². The summed E-state index contributed by atoms with van der Waals surface area (Å²) in [4.78, 5) is 17.8. The molecular formula is C18H21F4N5O2. The van der Waals surface area contributed by atoms with Crippen molar-refractivity contribution in [3.63, 3.8) is 0 Å². The third-order valence-electron chi connectivity index (χ3n) is 3.83. The fraction of sp³-hybridized carbons (Fsp3) is 0.389. The van der Waals surface area contributed by atoms with Crippen molar-refractivity contribution in [2.24, 2.45) is 5.73 Å². The number of aliphatic carboxylic acids is 1. The summed E-state index contributed by atoms with van der Waals surface area (Å²) in [5.41, 5.74) is 7.31. The number of aromatic nitrogens is 2. The van der Waals surface area contributed by atoms with Crippen LogP contribution in [-0.4, -0.2) is 40.3 Å². The number of halogens is 4. The van der Waals surface area contributed by atoms with Crippen LogP contribution in [0.2, 0.25) is 0 Å². The first kappa shape index (κ1) is 22.3. The van der Waals surface area contributed by atoms with E-state index in [-0.39, 0.29) is 5.82 Å². The zero-order valence-electron chi connectivity index (χ0n) is 15.3. The molecule has 0 unspecified atom stereocenters. The van der Waals surface area contributed by atoms with Crippen molar-refractivity contribution in [2.45, 2.75) is 31.4 Å². The minimum Gasteiger partial charge on any atom is -0.475 e. The van der Waals surface area contributed by atoms with Crippen LogP contribution < -0.4 is 16.4 Å². The lowest BCUT2D eigenvalue weighted by atomic mass is 10.2. The van der Waals surface area contributed by atoms with Crippen molar-refractivity contribution in [2.75, 3.05) is 23.7 Å². The molecule has 2 aromatic rings. The monoisotopic (exact) mass is 415 g/mol. The van der Waals surface area contributed by atoms with Gasteiger partial charge in [-0.05, 0) is 49.9 Å². The normalized spacial score (nSPS) is 13.3. The highest BCUT2D eigenvalue weighted by atomic mass is 19.4. The minimum absolute atomic E-state index is 0.291. The number of nitrogens with zero attached hydrogens (tertiary/aromatic N) is 2. The molecule has 0 saturated heterocycles. The quantitative estimate of drug-likeness (QED) is 0.403. The molecule has 1 aliphatic rings. The fourth-order valence-electron chi connectivity index (χ4n) is 2.29. The van der Waals surface area contributed by atoms with Crippen LogP contribution in [0.25, 0.3) is 0 Å². The van der Waals surface area contributed by atoms with Crippen molar-refractivity contribution in [1.29, 1.82) is 0 Å². The van der Waals surface area contributed by atoms with Crippen LogP contribution >= 0.6 is 0 Å². The first-order chi connectivity index (χ1) is 13.7. The van der Waals surface area contributed by atoms with Crippen LogP contribution in [0, 0.1) is 5.82 Å². The highest BCUT2D eigenvalue weighted by molar-refractivity contribution is 5.73. The van der Waals surface area contributed by atoms with E-state index in [1.165, 1.54) is 25.0 Å². The molecule has 1 saturated carbocycles. The fourth-order valence-corrected chi connectivity index (χ4v) is 2.29. The number of nitrogens with one attached hydrogen (secondary N) is 2. The van der Waals surface area contributed by atoms with Gasteiger partial charge in [-0.2, -0.15) is 18.2 Å². The maximum absolute atomic E-state index is 13.2. The van der Waals surface area contributed by atoms with Crippen LogP contribution in [0.4, 0.5) is 35.0 Å². The third kappa shape index (κ3) is 7.53. The van der Waals surface area contributed by atoms with Crippen molar-refractivity contribution < 1.29 is 27.5 Å². The molecule has 0 spiro atoms. The lowest BCUT2D eigenvalue weighted by Gasteiger charge is -2.12. The van der Waals surface area contributed by atoms with Gasteiger partial charge in [-0.1, -0.05) is 6.07 Å². The number of benzene rings is 1. The van der Waals surface area contributed by atoms with E-state index in [9.17, 15) is 17.6 Å². The van der Waals surface area contributed by atoms with E-state index < -0.39 is 12.1 Å². The molecule has 1 aliphatic carbocycles. The summed E-state index contributed by atoms with van der Waals surface area (Å²) in [5, 5.41) is 13.5. The molecular weight excluding hydrogens is 394 g/mol. The lowest BCUT2D eigenvalue weighted by Crippen LogP contribution is -2.21. The van der Waals surface area contributed by atoms with Crippen molar-refractivity contribution in [3.05, 3.63) is 41.8 Å². The predicted octanol–water partition coefficient (Wildman–Crippen LogP) is 3.63. The number of carbonyl (C=O) groups is 1. The Morgan fingerprint density at radius 1 is 1.31 bits per heavy atom. The van der Waals surface area contributed by atoms with Gasteiger partial charge in [0.15, 0.2) is 0 Å². The van der Waals surface area contributed by atoms with E-state index in [4.69, 9.17) is 15.6 Å². The number of anilines is 3. The van der Waals surface area contributed by atoms with Gasteiger partial charge in [-0.3, -0.25) is 0 Å². The number of alkyl halides is 3. The molecule has 1 fully saturated rings. The maximum atomic E-state index is 13.2. The zero-order chi connectivity index (χ0) is 21.4. The molecule has 0 atom stereocenters. The second-order valence-electron chi connectivity index (χ2n) is 6.28. The van der Waals surface area contributed by atoms with Crippen LogP contribution in [0.1, 0.15) is 30.7 Å². The van der Waals surface area contributed by atoms with Gasteiger partial charge in [-0.15, -0.1) is 0 Å². The van der Waals surface area contributed by atoms with Gasteiger partial charge in [0.05, 0.1) is 0 Å². The largest absolute Gasteiger partial charge is 0.490 e. The van der Waals surface area contributed by atoms with Crippen molar-refractivity contribution in [3.8, 4) is 0 Å². The van der Waals surface area contributed by atoms with E-state index >= 15 is 0 Å². The van der Waals surface area contributed by atoms with Gasteiger partial charge < -0.3 is 21.5 Å². The predicted molar refractivity (Wildman–Crippen MR) is 99.5 cm³/mol. The summed E-state index contributed by atoms with van der Waals surface area (Å²) in [6.07, 6.45) is 0.0368. The number of rotatable bonds is 7. The SMILES string of the molecule is NCCCNc1nc(Nc2cccc(F)c2)ncc1C1CC1.O=C(O)C(F)(F)F. The molecule has 0 radical (unpaired) electrons. The van der Waals surface area contributed by atoms with E-state index in [2.05, 4.69) is 20.6 Å². The molecule has 0 amide bonds. The Morgan fingerprint density at radius 3 is 2.55 bits per heavy atom. The number of hydrogen-bond donors (Lipinski definition) is 4. The zero-order valence-corrected chi connectivity index (χ0v) is 15.3. The molecule has 158 valence electrons. The second kappa shape index (κ2) is 10.0. The number of hydrogen-bond acceptors (Lipinski definition) is 6. The number of nitrogens with two attached hydrogens (primary N) is 1. The Morgan fingerprint density at radius 2 is 2.00 bits per heavy atom. The van der Waals surface area contributed by atoms with Gasteiger partial charge in [0.25, 0.3) is 0 Å². The second-order valence-corrected chi connectivity index (χ2v) is 6.28. The molecule has 7 nitrogen and oxygen atoms in total. The van der Waals surface area contributed by atoms with E-state index in [1.807, 2.05) is 6.20 Å². The number of carboxylic acid groups (broad SMARTS) is 1. The first-order valence-electron chi connectivity index (χ1n) is 8.84. The molecule has 1 heterocycles. The molecule has 0 bridgehead atoms. The Hall–Kier alpha value is -2.95. The molecule has 5 N–H and O–H groups in total. The summed E-state index contributed by atoms with van der Waals surface area (Å²) in [7, 11) is 0. The Balaban J connectivity index is 0.000000370. The maximum Gasteiger partial charge on any atom is 0.490 e. The first-order valence-corrected chi connectivity index (χ1v) is 8.84. The van der Waals surface area contributed by atoms with Gasteiger partial charge in [-0.25, -0.2) is 14.2 Å². The average Bonchev–Trinajstić information content (AvgIpc) is 3.47. The van der Waals surface area contributed by atoms with Gasteiger partial charge in [0, 0.05) is 24.0 Å². The molecule has 3 rings (SSSR count). The standard InChI is InChI=1S/C16H20FN5.C2HF3O2/c17-12-3-1-4-13(9-12)21-16-20-10-14(11-5-6-11)15(22-16)19-8-2-7-18;3-2(4,5)1(6)7/h1,3-4,9-11H,2,5-8,18H2,(H2,19,20,21,22);(H,6,7). The average molecular weight is 415 g/mol. The van der Waals surface area contributed by atoms with Gasteiger partial charge in [0.1, 0.15) is 11.6 Å². The van der Waals surface area contributed by atoms with E-state index in [0.29, 0.717) is 24.1 Å². The Labute approximate surface area is 164 Å². The van der Waals surface area contributed by atoms with Crippen LogP contribution in [0.15, 0.2) is 30.5 Å². The topological polar surface area (TPSA) is 113 Å². The molecule has 1 aromatic carbocycles. The molecule has 0 aliphatic heterocycles. The number of carboxylic acids is 1. The van der Waals surface area contributed by atoms with Crippen LogP contribution in [-0.2, 0) is 4.79 Å². The Kier molecular flexibility index (Phi) is 7.71. The molecule has 11 heteroatoms. The summed E-state index contributed by atoms with van der Waals surface area (Å²) in [6.45, 7) is 1.43. The minimum atomic E-state index is -5.08. The molecule has 1 aromatic heterocycles. The summed E-state index contributed by atoms with van der Waals surface area (Å²) in [6, 6.07) is 6.25. The van der Waals surface area contributed by atoms with E-state index in [0.717, 1.165) is 24.3 Å². The lowest BCUT2D eigenvalue weighted by molar-refractivity contribution is -0.192. The summed E-state index contributed by atoms with van der Waals surface area (Å²) >= 11 is 0. The van der Waals surface area contributed by atoms with Crippen molar-refractivity contribution >= 4 is 23.4 Å². The smallest absolute Gasteiger partial charge is 0.475 e. The summed E-state index contributed by atoms with van der Waals surface area (Å²) < 4.78 is 45.0. The third-order valence-corrected chi connectivity index (χ3v) is 3.83. The highest BCUT2D eigenvalue weighted by Gasteiger charge is 2.38.